The van der Waals surface area contributed by atoms with Gasteiger partial charge in [-0.3, -0.25) is 19.5 Å². The summed E-state index contributed by atoms with van der Waals surface area (Å²) >= 11 is 0. The minimum absolute atomic E-state index is 0.0396. The lowest BCUT2D eigenvalue weighted by molar-refractivity contribution is -0.384. The predicted molar refractivity (Wildman–Crippen MR) is 176 cm³/mol. The second-order valence-electron chi connectivity index (χ2n) is 14.7. The van der Waals surface area contributed by atoms with Crippen LogP contribution in [-0.2, 0) is 18.4 Å². The van der Waals surface area contributed by atoms with Gasteiger partial charge < -0.3 is 24.1 Å². The minimum Gasteiger partial charge on any atom is -0.427 e. The fraction of sp³-hybridized carbons (Fsp3) is 0.600. The molecule has 3 heterocycles. The molecule has 1 aliphatic heterocycles. The number of imidazole rings is 1. The highest BCUT2D eigenvalue weighted by Gasteiger charge is 2.52. The van der Waals surface area contributed by atoms with E-state index in [4.69, 9.17) is 24.1 Å². The van der Waals surface area contributed by atoms with Crippen molar-refractivity contribution in [1.82, 2.24) is 19.5 Å². The molecule has 4 rings (SSSR count). The van der Waals surface area contributed by atoms with Crippen LogP contribution in [0.4, 0.5) is 11.5 Å². The molecule has 0 saturated carbocycles. The summed E-state index contributed by atoms with van der Waals surface area (Å²) in [4.78, 5) is 37.1. The van der Waals surface area contributed by atoms with Crippen LogP contribution >= 0.6 is 0 Å². The maximum Gasteiger partial charge on any atom is 0.311 e. The second kappa shape index (κ2) is 12.5. The van der Waals surface area contributed by atoms with Crippen LogP contribution in [0.3, 0.4) is 0 Å². The Balaban J connectivity index is 1.74. The van der Waals surface area contributed by atoms with Crippen LogP contribution < -0.4 is 10.5 Å². The Morgan fingerprint density at radius 2 is 1.64 bits per heavy atom. The molecule has 1 saturated heterocycles. The topological polar surface area (TPSA) is 167 Å². The number of nitrogen functional groups attached to an aromatic ring is 1. The van der Waals surface area contributed by atoms with Gasteiger partial charge in [0.1, 0.15) is 17.6 Å². The lowest BCUT2D eigenvalue weighted by Gasteiger charge is -2.41. The molecule has 2 N–H and O–H groups in total. The molecule has 0 aliphatic carbocycles. The smallest absolute Gasteiger partial charge is 0.311 e. The summed E-state index contributed by atoms with van der Waals surface area (Å²) < 4.78 is 28.0. The van der Waals surface area contributed by atoms with E-state index in [1.54, 1.807) is 10.9 Å². The Hall–Kier alpha value is -3.25. The molecule has 15 heteroatoms. The van der Waals surface area contributed by atoms with Gasteiger partial charge >= 0.3 is 5.97 Å². The van der Waals surface area contributed by atoms with Crippen molar-refractivity contribution in [3.05, 3.63) is 47.0 Å². The Morgan fingerprint density at radius 3 is 2.22 bits per heavy atom. The van der Waals surface area contributed by atoms with E-state index in [1.165, 1.54) is 30.6 Å². The Morgan fingerprint density at radius 1 is 1.02 bits per heavy atom. The van der Waals surface area contributed by atoms with E-state index in [0.717, 1.165) is 0 Å². The molecule has 0 amide bonds. The molecular weight excluding hydrogens is 613 g/mol. The monoisotopic (exact) mass is 658 g/mol. The number of carbonyl (C=O) groups is 1. The SMILES string of the molecule is CC(C)(C)[Si](C)(C)OC[C@H]1O[C@@H](n2cnc3c(N)ncnc32)[C@H](O[Si](C)(C)C(C)(C)C)[C@@H]1CC(=O)Oc1ccc([N+](=O)[O-])cc1. The quantitative estimate of drug-likeness (QED) is 0.0861. The summed E-state index contributed by atoms with van der Waals surface area (Å²) in [6, 6.07) is 5.42. The number of esters is 1. The normalized spacial score (nSPS) is 21.3. The van der Waals surface area contributed by atoms with Gasteiger partial charge in [-0.25, -0.2) is 15.0 Å². The van der Waals surface area contributed by atoms with Crippen molar-refractivity contribution < 1.29 is 28.0 Å². The van der Waals surface area contributed by atoms with Crippen LogP contribution in [0, 0.1) is 16.0 Å². The van der Waals surface area contributed by atoms with Gasteiger partial charge in [-0.05, 0) is 48.4 Å². The molecule has 1 fully saturated rings. The van der Waals surface area contributed by atoms with Gasteiger partial charge in [0.2, 0.25) is 0 Å². The lowest BCUT2D eigenvalue weighted by atomic mass is 9.94. The predicted octanol–water partition coefficient (Wildman–Crippen LogP) is 6.24. The first-order chi connectivity index (χ1) is 20.7. The molecule has 2 aromatic heterocycles. The lowest BCUT2D eigenvalue weighted by Crippen LogP contribution is -2.48. The maximum absolute atomic E-state index is 13.5. The zero-order chi connectivity index (χ0) is 33.5. The van der Waals surface area contributed by atoms with Crippen LogP contribution in [-0.4, -0.2) is 65.9 Å². The molecule has 0 unspecified atom stereocenters. The van der Waals surface area contributed by atoms with Crippen molar-refractivity contribution in [2.75, 3.05) is 12.3 Å². The third kappa shape index (κ3) is 7.43. The number of ether oxygens (including phenoxy) is 2. The number of hydrogen-bond acceptors (Lipinski definition) is 11. The number of fused-ring (bicyclic) bond motifs is 1. The van der Waals surface area contributed by atoms with Crippen LogP contribution in [0.2, 0.25) is 36.3 Å². The van der Waals surface area contributed by atoms with Crippen LogP contribution in [0.15, 0.2) is 36.9 Å². The summed E-state index contributed by atoms with van der Waals surface area (Å²) in [7, 11) is -4.62. The number of anilines is 1. The van der Waals surface area contributed by atoms with E-state index >= 15 is 0 Å². The fourth-order valence-electron chi connectivity index (χ4n) is 4.64. The van der Waals surface area contributed by atoms with Crippen molar-refractivity contribution in [3.63, 3.8) is 0 Å². The van der Waals surface area contributed by atoms with E-state index in [-0.39, 0.29) is 40.4 Å². The van der Waals surface area contributed by atoms with Gasteiger partial charge in [0.15, 0.2) is 34.3 Å². The van der Waals surface area contributed by atoms with Gasteiger partial charge in [0.05, 0.1) is 36.5 Å². The zero-order valence-corrected chi connectivity index (χ0v) is 29.9. The number of nitro benzene ring substituents is 1. The highest BCUT2D eigenvalue weighted by Crippen LogP contribution is 2.46. The summed E-state index contributed by atoms with van der Waals surface area (Å²) in [5.41, 5.74) is 6.96. The highest BCUT2D eigenvalue weighted by molar-refractivity contribution is 6.74. The number of nitro groups is 1. The molecule has 1 aliphatic rings. The average Bonchev–Trinajstić information content (AvgIpc) is 3.48. The average molecular weight is 659 g/mol. The number of nitrogens with two attached hydrogens (primary N) is 1. The summed E-state index contributed by atoms with van der Waals surface area (Å²) in [5.74, 6) is -0.512. The van der Waals surface area contributed by atoms with Crippen molar-refractivity contribution in [2.24, 2.45) is 5.92 Å². The van der Waals surface area contributed by atoms with E-state index in [2.05, 4.69) is 82.7 Å². The number of non-ortho nitro benzene ring substituents is 1. The molecule has 13 nitrogen and oxygen atoms in total. The number of nitrogens with zero attached hydrogens (tertiary/aromatic N) is 5. The van der Waals surface area contributed by atoms with Gasteiger partial charge in [0, 0.05) is 18.1 Å². The minimum atomic E-state index is -2.43. The first-order valence-corrected chi connectivity index (χ1v) is 20.9. The van der Waals surface area contributed by atoms with Crippen molar-refractivity contribution in [2.45, 2.75) is 103 Å². The third-order valence-corrected chi connectivity index (χ3v) is 18.5. The Kier molecular flexibility index (Phi) is 9.62. The molecule has 0 bridgehead atoms. The summed E-state index contributed by atoms with van der Waals surface area (Å²) in [6.07, 6.45) is 1.15. The first kappa shape index (κ1) is 34.6. The first-order valence-electron chi connectivity index (χ1n) is 15.1. The van der Waals surface area contributed by atoms with Gasteiger partial charge in [0.25, 0.3) is 5.69 Å². The van der Waals surface area contributed by atoms with E-state index in [9.17, 15) is 14.9 Å². The van der Waals surface area contributed by atoms with Crippen LogP contribution in [0.5, 0.6) is 5.75 Å². The Bertz CT molecular complexity index is 1530. The van der Waals surface area contributed by atoms with E-state index in [0.29, 0.717) is 11.2 Å². The summed E-state index contributed by atoms with van der Waals surface area (Å²) in [5, 5.41) is 10.9. The van der Waals surface area contributed by atoms with Gasteiger partial charge in [-0.1, -0.05) is 41.5 Å². The number of carbonyl (C=O) groups excluding carboxylic acids is 1. The molecular formula is C30H46N6O7Si2. The third-order valence-electron chi connectivity index (χ3n) is 9.49. The van der Waals surface area contributed by atoms with E-state index in [1.807, 2.05) is 0 Å². The molecule has 3 aromatic rings. The largest absolute Gasteiger partial charge is 0.427 e. The molecule has 0 radical (unpaired) electrons. The van der Waals surface area contributed by atoms with Crippen LogP contribution in [0.25, 0.3) is 11.2 Å². The van der Waals surface area contributed by atoms with Crippen molar-refractivity contribution in [3.8, 4) is 5.75 Å². The maximum atomic E-state index is 13.5. The van der Waals surface area contributed by atoms with Gasteiger partial charge in [-0.15, -0.1) is 0 Å². The molecule has 0 spiro atoms. The molecule has 45 heavy (non-hydrogen) atoms. The van der Waals surface area contributed by atoms with Crippen molar-refractivity contribution >= 4 is 45.3 Å². The molecule has 4 atom stereocenters. The molecule has 246 valence electrons. The van der Waals surface area contributed by atoms with Crippen molar-refractivity contribution in [1.29, 1.82) is 0 Å². The zero-order valence-electron chi connectivity index (χ0n) is 27.9. The number of aromatic nitrogens is 4. The highest BCUT2D eigenvalue weighted by atomic mass is 28.4. The van der Waals surface area contributed by atoms with Gasteiger partial charge in [-0.2, -0.15) is 0 Å². The number of rotatable bonds is 10. The number of hydrogen-bond donors (Lipinski definition) is 1. The molecule has 1 aromatic carbocycles. The summed E-state index contributed by atoms with van der Waals surface area (Å²) in [6.45, 7) is 21.9. The van der Waals surface area contributed by atoms with E-state index < -0.39 is 51.9 Å². The second-order valence-corrected chi connectivity index (χ2v) is 24.2. The van der Waals surface area contributed by atoms with Crippen LogP contribution in [0.1, 0.15) is 54.2 Å². The number of benzene rings is 1. The standard InChI is InChI=1S/C30H46N6O7Si2/c1-29(2,3)44(7,8)40-16-22-21(15-23(37)41-20-13-11-19(12-14-20)36(38)39)25(43-45(9,10)30(4,5)6)28(42-22)35-18-34-24-26(31)32-17-33-27(24)35/h11-14,17-18,21-22,25,28H,15-16H2,1-10H3,(H2,31,32,33)/t21-,22-,25-,28-/m1/s1. The fourth-order valence-corrected chi connectivity index (χ4v) is 6.98. The Labute approximate surface area is 266 Å².